The Balaban J connectivity index is 1.52. The molecule has 3 rings (SSSR count). The average Bonchev–Trinajstić information content (AvgIpc) is 2.65. The Labute approximate surface area is 147 Å². The highest BCUT2D eigenvalue weighted by molar-refractivity contribution is 6.04. The van der Waals surface area contributed by atoms with Crippen LogP contribution >= 0.6 is 0 Å². The normalized spacial score (nSPS) is 10.4. The number of amides is 1. The van der Waals surface area contributed by atoms with E-state index in [1.165, 1.54) is 0 Å². The Morgan fingerprint density at radius 3 is 2.40 bits per heavy atom. The van der Waals surface area contributed by atoms with Crippen LogP contribution in [-0.2, 0) is 18.0 Å². The van der Waals surface area contributed by atoms with Crippen molar-refractivity contribution in [2.45, 2.75) is 20.1 Å². The summed E-state index contributed by atoms with van der Waals surface area (Å²) in [5, 5.41) is 2.86. The number of ether oxygens (including phenoxy) is 1. The smallest absolute Gasteiger partial charge is 0.257 e. The third-order valence-electron chi connectivity index (χ3n) is 3.76. The lowest BCUT2D eigenvalue weighted by Gasteiger charge is -2.07. The minimum atomic E-state index is -0.173. The van der Waals surface area contributed by atoms with Gasteiger partial charge in [0.05, 0.1) is 24.5 Å². The van der Waals surface area contributed by atoms with Gasteiger partial charge < -0.3 is 10.1 Å². The third-order valence-corrected chi connectivity index (χ3v) is 3.76. The van der Waals surface area contributed by atoms with Gasteiger partial charge in [-0.1, -0.05) is 48.0 Å². The van der Waals surface area contributed by atoms with E-state index < -0.39 is 0 Å². The third kappa shape index (κ3) is 4.99. The van der Waals surface area contributed by atoms with Gasteiger partial charge in [-0.25, -0.2) is 0 Å². The van der Waals surface area contributed by atoms with Gasteiger partial charge in [-0.05, 0) is 36.8 Å². The van der Waals surface area contributed by atoms with E-state index in [1.54, 1.807) is 12.3 Å². The van der Waals surface area contributed by atoms with Crippen molar-refractivity contribution >= 4 is 11.6 Å². The fourth-order valence-electron chi connectivity index (χ4n) is 2.33. The zero-order valence-electron chi connectivity index (χ0n) is 14.1. The maximum Gasteiger partial charge on any atom is 0.257 e. The number of benzene rings is 2. The van der Waals surface area contributed by atoms with Crippen molar-refractivity contribution in [2.75, 3.05) is 5.32 Å². The zero-order valence-corrected chi connectivity index (χ0v) is 14.1. The van der Waals surface area contributed by atoms with Crippen molar-refractivity contribution < 1.29 is 9.53 Å². The molecular weight excluding hydrogens is 312 g/mol. The fraction of sp³-hybridized carbons (Fsp3) is 0.143. The van der Waals surface area contributed by atoms with Gasteiger partial charge in [0, 0.05) is 11.9 Å². The second kappa shape index (κ2) is 8.22. The van der Waals surface area contributed by atoms with Gasteiger partial charge in [0.15, 0.2) is 0 Å². The second-order valence-electron chi connectivity index (χ2n) is 5.84. The van der Waals surface area contributed by atoms with Gasteiger partial charge in [0.25, 0.3) is 5.91 Å². The van der Waals surface area contributed by atoms with E-state index in [-0.39, 0.29) is 5.91 Å². The van der Waals surface area contributed by atoms with Crippen LogP contribution in [0, 0.1) is 6.92 Å². The highest BCUT2D eigenvalue weighted by atomic mass is 16.5. The number of hydrogen-bond donors (Lipinski definition) is 1. The molecule has 0 aliphatic heterocycles. The van der Waals surface area contributed by atoms with Crippen LogP contribution in [0.25, 0.3) is 0 Å². The van der Waals surface area contributed by atoms with Crippen LogP contribution < -0.4 is 5.32 Å². The standard InChI is InChI=1S/C21H20N2O2/c1-16-7-10-19(11-8-16)23-21(24)18-9-12-20(22-13-18)15-25-14-17-5-3-2-4-6-17/h2-13H,14-15H2,1H3,(H,23,24). The largest absolute Gasteiger partial charge is 0.370 e. The molecule has 126 valence electrons. The number of rotatable bonds is 6. The first-order valence-corrected chi connectivity index (χ1v) is 8.15. The minimum Gasteiger partial charge on any atom is -0.370 e. The number of hydrogen-bond acceptors (Lipinski definition) is 3. The first kappa shape index (κ1) is 16.9. The zero-order chi connectivity index (χ0) is 17.5. The van der Waals surface area contributed by atoms with Gasteiger partial charge in [0.1, 0.15) is 0 Å². The molecule has 0 bridgehead atoms. The molecule has 3 aromatic rings. The number of nitrogens with zero attached hydrogens (tertiary/aromatic N) is 1. The van der Waals surface area contributed by atoms with Gasteiger partial charge in [-0.2, -0.15) is 0 Å². The van der Waals surface area contributed by atoms with E-state index in [1.807, 2.05) is 67.6 Å². The Morgan fingerprint density at radius 2 is 1.72 bits per heavy atom. The first-order chi connectivity index (χ1) is 12.2. The van der Waals surface area contributed by atoms with E-state index in [0.29, 0.717) is 18.8 Å². The monoisotopic (exact) mass is 332 g/mol. The molecule has 4 nitrogen and oxygen atoms in total. The van der Waals surface area contributed by atoms with Crippen LogP contribution in [0.2, 0.25) is 0 Å². The maximum atomic E-state index is 12.2. The van der Waals surface area contributed by atoms with Gasteiger partial charge in [-0.15, -0.1) is 0 Å². The number of pyridine rings is 1. The summed E-state index contributed by atoms with van der Waals surface area (Å²) in [5.41, 5.74) is 4.36. The summed E-state index contributed by atoms with van der Waals surface area (Å²) in [7, 11) is 0. The molecule has 0 fully saturated rings. The molecule has 25 heavy (non-hydrogen) atoms. The van der Waals surface area contributed by atoms with Gasteiger partial charge >= 0.3 is 0 Å². The summed E-state index contributed by atoms with van der Waals surface area (Å²) < 4.78 is 5.65. The summed E-state index contributed by atoms with van der Waals surface area (Å²) in [6.07, 6.45) is 1.57. The number of aromatic nitrogens is 1. The van der Waals surface area contributed by atoms with Crippen LogP contribution in [0.15, 0.2) is 72.9 Å². The van der Waals surface area contributed by atoms with Crippen LogP contribution in [0.5, 0.6) is 0 Å². The summed E-state index contributed by atoms with van der Waals surface area (Å²) in [4.78, 5) is 16.5. The number of carbonyl (C=O) groups excluding carboxylic acids is 1. The quantitative estimate of drug-likeness (QED) is 0.730. The van der Waals surface area contributed by atoms with Crippen molar-refractivity contribution in [3.8, 4) is 0 Å². The average molecular weight is 332 g/mol. The van der Waals surface area contributed by atoms with Crippen molar-refractivity contribution in [3.63, 3.8) is 0 Å². The lowest BCUT2D eigenvalue weighted by Crippen LogP contribution is -2.12. The predicted octanol–water partition coefficient (Wildman–Crippen LogP) is 4.36. The molecule has 4 heteroatoms. The first-order valence-electron chi connectivity index (χ1n) is 8.15. The molecular formula is C21H20N2O2. The summed E-state index contributed by atoms with van der Waals surface area (Å²) in [5.74, 6) is -0.173. The topological polar surface area (TPSA) is 51.2 Å². The second-order valence-corrected chi connectivity index (χ2v) is 5.84. The van der Waals surface area contributed by atoms with E-state index in [9.17, 15) is 4.79 Å². The molecule has 2 aromatic carbocycles. The van der Waals surface area contributed by atoms with Crippen LogP contribution in [0.1, 0.15) is 27.2 Å². The molecule has 0 unspecified atom stereocenters. The molecule has 0 aliphatic rings. The van der Waals surface area contributed by atoms with Crippen LogP contribution in [-0.4, -0.2) is 10.9 Å². The molecule has 0 saturated heterocycles. The van der Waals surface area contributed by atoms with Gasteiger partial charge in [-0.3, -0.25) is 9.78 Å². The molecule has 1 N–H and O–H groups in total. The molecule has 0 atom stereocenters. The maximum absolute atomic E-state index is 12.2. The minimum absolute atomic E-state index is 0.173. The van der Waals surface area contributed by atoms with Crippen molar-refractivity contribution in [3.05, 3.63) is 95.3 Å². The Hall–Kier alpha value is -2.98. The van der Waals surface area contributed by atoms with Gasteiger partial charge in [0.2, 0.25) is 0 Å². The number of anilines is 1. The number of nitrogens with one attached hydrogen (secondary N) is 1. The highest BCUT2D eigenvalue weighted by Gasteiger charge is 2.07. The van der Waals surface area contributed by atoms with Crippen molar-refractivity contribution in [2.24, 2.45) is 0 Å². The highest BCUT2D eigenvalue weighted by Crippen LogP contribution is 2.11. The van der Waals surface area contributed by atoms with E-state index in [4.69, 9.17) is 4.74 Å². The molecule has 0 radical (unpaired) electrons. The Kier molecular flexibility index (Phi) is 5.54. The molecule has 0 aliphatic carbocycles. The summed E-state index contributed by atoms with van der Waals surface area (Å²) in [6, 6.07) is 21.2. The Bertz CT molecular complexity index is 813. The van der Waals surface area contributed by atoms with Crippen molar-refractivity contribution in [1.82, 2.24) is 4.98 Å². The lowest BCUT2D eigenvalue weighted by molar-refractivity contribution is 0.102. The molecule has 1 amide bonds. The van der Waals surface area contributed by atoms with Crippen LogP contribution in [0.4, 0.5) is 5.69 Å². The van der Waals surface area contributed by atoms with Crippen molar-refractivity contribution in [1.29, 1.82) is 0 Å². The SMILES string of the molecule is Cc1ccc(NC(=O)c2ccc(COCc3ccccc3)nc2)cc1. The van der Waals surface area contributed by atoms with Crippen LogP contribution in [0.3, 0.4) is 0 Å². The summed E-state index contributed by atoms with van der Waals surface area (Å²) in [6.45, 7) is 2.96. The Morgan fingerprint density at radius 1 is 0.960 bits per heavy atom. The molecule has 0 saturated carbocycles. The number of carbonyl (C=O) groups is 1. The van der Waals surface area contributed by atoms with E-state index >= 15 is 0 Å². The molecule has 0 spiro atoms. The number of aryl methyl sites for hydroxylation is 1. The fourth-order valence-corrected chi connectivity index (χ4v) is 2.33. The van der Waals surface area contributed by atoms with E-state index in [2.05, 4.69) is 10.3 Å². The molecule has 1 heterocycles. The predicted molar refractivity (Wildman–Crippen MR) is 98.3 cm³/mol. The summed E-state index contributed by atoms with van der Waals surface area (Å²) >= 11 is 0. The lowest BCUT2D eigenvalue weighted by atomic mass is 10.2. The molecule has 1 aromatic heterocycles. The van der Waals surface area contributed by atoms with E-state index in [0.717, 1.165) is 22.5 Å².